The van der Waals surface area contributed by atoms with Crippen LogP contribution in [0.25, 0.3) is 83.9 Å². The van der Waals surface area contributed by atoms with Crippen LogP contribution < -0.4 is 0 Å². The van der Waals surface area contributed by atoms with E-state index in [0.717, 1.165) is 94.7 Å². The van der Waals surface area contributed by atoms with E-state index in [1.54, 1.807) is 0 Å². The highest BCUT2D eigenvalue weighted by Gasteiger charge is 2.23. The van der Waals surface area contributed by atoms with Gasteiger partial charge < -0.3 is 5.11 Å². The van der Waals surface area contributed by atoms with Crippen LogP contribution in [-0.4, -0.2) is 19.6 Å². The van der Waals surface area contributed by atoms with Crippen molar-refractivity contribution in [3.05, 3.63) is 192 Å². The van der Waals surface area contributed by atoms with Crippen molar-refractivity contribution < 1.29 is 7.85 Å². The average Bonchev–Trinajstić information content (AvgIpc) is 3.67. The van der Waals surface area contributed by atoms with Gasteiger partial charge in [-0.05, 0) is 141 Å². The Morgan fingerprint density at radius 1 is 0.533 bits per heavy atom. The van der Waals surface area contributed by atoms with Crippen LogP contribution in [0.5, 0.6) is 5.75 Å². The van der Waals surface area contributed by atoms with E-state index in [1.807, 2.05) is 102 Å². The Bertz CT molecular complexity index is 3100. The summed E-state index contributed by atoms with van der Waals surface area (Å²) >= 11 is 0. The quantitative estimate of drug-likeness (QED) is 0.159. The predicted octanol–water partition coefficient (Wildman–Crippen LogP) is 15.0. The summed E-state index contributed by atoms with van der Waals surface area (Å²) in [6.45, 7) is 11.6. The first-order valence-electron chi connectivity index (χ1n) is 21.5. The number of hydrogen-bond acceptors (Lipinski definition) is 3. The van der Waals surface area contributed by atoms with Gasteiger partial charge in [0.25, 0.3) is 0 Å². The maximum Gasteiger partial charge on any atom is 0.149 e. The average molecular weight is 782 g/mol. The zero-order chi connectivity index (χ0) is 43.3. The number of aromatic hydroxyl groups is 1. The molecule has 0 saturated heterocycles. The number of aryl methyl sites for hydroxylation is 2. The van der Waals surface area contributed by atoms with E-state index in [0.29, 0.717) is 11.4 Å². The number of aromatic nitrogens is 3. The molecule has 0 fully saturated rings. The fraction of sp³-hybridized carbons (Fsp3) is 0.143. The number of phenols is 1. The van der Waals surface area contributed by atoms with Crippen LogP contribution in [0.2, 0.25) is 0 Å². The number of rotatable bonds is 9. The first-order chi connectivity index (χ1) is 29.7. The van der Waals surface area contributed by atoms with Gasteiger partial charge in [0.2, 0.25) is 0 Å². The van der Waals surface area contributed by atoms with E-state index in [1.165, 1.54) is 0 Å². The highest BCUT2D eigenvalue weighted by Crippen LogP contribution is 2.42. The smallest absolute Gasteiger partial charge is 0.149 e. The molecule has 0 atom stereocenters. The third kappa shape index (κ3) is 7.30. The number of hydrogen-bond donors (Lipinski definition) is 1. The summed E-state index contributed by atoms with van der Waals surface area (Å²) < 4.78 is 19.9. The van der Waals surface area contributed by atoms with E-state index in [4.69, 9.17) is 11.3 Å². The van der Waals surface area contributed by atoms with Gasteiger partial charge in [0.15, 0.2) is 0 Å². The lowest BCUT2D eigenvalue weighted by Crippen LogP contribution is -2.02. The van der Waals surface area contributed by atoms with Gasteiger partial charge in [-0.3, -0.25) is 9.55 Å². The topological polar surface area (TPSA) is 50.9 Å². The van der Waals surface area contributed by atoms with Crippen molar-refractivity contribution in [2.75, 3.05) is 0 Å². The number of nitrogens with zero attached hydrogens (tertiary/aromatic N) is 3. The van der Waals surface area contributed by atoms with Gasteiger partial charge in [0, 0.05) is 25.8 Å². The van der Waals surface area contributed by atoms with Crippen LogP contribution in [0.3, 0.4) is 0 Å². The molecular weight excluding hydrogens is 731 g/mol. The summed E-state index contributed by atoms with van der Waals surface area (Å²) in [5.74, 6) is -0.781. The lowest BCUT2D eigenvalue weighted by Gasteiger charge is -2.18. The van der Waals surface area contributed by atoms with Crippen molar-refractivity contribution in [3.63, 3.8) is 0 Å². The van der Waals surface area contributed by atoms with Crippen molar-refractivity contribution in [2.45, 2.75) is 53.3 Å². The second kappa shape index (κ2) is 16.0. The SMILES string of the molecule is [2H]C(C)(C)c1ccc(-c2ccnc(-c3cc(-c4ccccc4)cc(-c4cccc5c4nc(-c4cc(C)cc(C)c4O)n5-c4ccc(-c5ccccc5)c(C([2H])(C)C)c4)c3)c2)cc1. The molecule has 0 amide bonds. The lowest BCUT2D eigenvalue weighted by atomic mass is 9.92. The Labute approximate surface area is 356 Å². The minimum Gasteiger partial charge on any atom is -0.507 e. The molecule has 9 aromatic rings. The Hall–Kier alpha value is -7.04. The number of para-hydroxylation sites is 1. The fourth-order valence-corrected chi connectivity index (χ4v) is 8.35. The summed E-state index contributed by atoms with van der Waals surface area (Å²) in [6, 6.07) is 56.3. The number of benzene rings is 7. The van der Waals surface area contributed by atoms with Crippen molar-refractivity contribution in [1.82, 2.24) is 14.5 Å². The molecule has 4 nitrogen and oxygen atoms in total. The molecule has 0 bridgehead atoms. The van der Waals surface area contributed by atoms with E-state index in [9.17, 15) is 6.48 Å². The molecule has 0 aliphatic rings. The van der Waals surface area contributed by atoms with Crippen LogP contribution in [0.15, 0.2) is 170 Å². The summed E-state index contributed by atoms with van der Waals surface area (Å²) in [7, 11) is 0. The first kappa shape index (κ1) is 36.1. The Balaban J connectivity index is 1.27. The number of fused-ring (bicyclic) bond motifs is 1. The third-order valence-corrected chi connectivity index (χ3v) is 11.5. The van der Waals surface area contributed by atoms with Crippen LogP contribution in [-0.2, 0) is 0 Å². The molecule has 7 aromatic carbocycles. The maximum atomic E-state index is 11.7. The molecule has 0 radical (unpaired) electrons. The van der Waals surface area contributed by atoms with Crippen LogP contribution in [0.1, 0.15) is 64.5 Å². The first-order valence-corrected chi connectivity index (χ1v) is 20.5. The van der Waals surface area contributed by atoms with Crippen molar-refractivity contribution in [2.24, 2.45) is 0 Å². The van der Waals surface area contributed by atoms with Gasteiger partial charge in [-0.2, -0.15) is 0 Å². The zero-order valence-electron chi connectivity index (χ0n) is 37.0. The van der Waals surface area contributed by atoms with Gasteiger partial charge >= 0.3 is 0 Å². The molecule has 4 heteroatoms. The van der Waals surface area contributed by atoms with Crippen molar-refractivity contribution in [1.29, 1.82) is 0 Å². The number of phenolic OH excluding ortho intramolecular Hbond substituents is 1. The minimum absolute atomic E-state index is 0.188. The molecule has 0 aliphatic carbocycles. The minimum atomic E-state index is -0.910. The van der Waals surface area contributed by atoms with Gasteiger partial charge in [0.05, 0.1) is 22.3 Å². The van der Waals surface area contributed by atoms with E-state index in [-0.39, 0.29) is 5.75 Å². The summed E-state index contributed by atoms with van der Waals surface area (Å²) in [5, 5.41) is 11.7. The molecule has 1 N–H and O–H groups in total. The monoisotopic (exact) mass is 781 g/mol. The fourth-order valence-electron chi connectivity index (χ4n) is 8.35. The summed E-state index contributed by atoms with van der Waals surface area (Å²) in [4.78, 5) is 10.4. The molecule has 0 spiro atoms. The predicted molar refractivity (Wildman–Crippen MR) is 251 cm³/mol. The molecule has 0 aliphatic heterocycles. The summed E-state index contributed by atoms with van der Waals surface area (Å²) in [5.41, 5.74) is 16.8. The highest BCUT2D eigenvalue weighted by molar-refractivity contribution is 5.98. The van der Waals surface area contributed by atoms with Gasteiger partial charge in [0.1, 0.15) is 11.6 Å². The molecule has 0 unspecified atom stereocenters. The van der Waals surface area contributed by atoms with Crippen molar-refractivity contribution >= 4 is 11.0 Å². The molecule has 60 heavy (non-hydrogen) atoms. The van der Waals surface area contributed by atoms with Crippen molar-refractivity contribution in [3.8, 4) is 78.6 Å². The molecule has 0 saturated carbocycles. The third-order valence-electron chi connectivity index (χ3n) is 11.5. The van der Waals surface area contributed by atoms with Crippen LogP contribution in [0, 0.1) is 13.8 Å². The summed E-state index contributed by atoms with van der Waals surface area (Å²) in [6.07, 6.45) is 1.86. The second-order valence-electron chi connectivity index (χ2n) is 16.2. The highest BCUT2D eigenvalue weighted by atomic mass is 16.3. The van der Waals surface area contributed by atoms with E-state index < -0.39 is 11.8 Å². The number of pyridine rings is 1. The Kier molecular flexibility index (Phi) is 9.59. The van der Waals surface area contributed by atoms with Crippen LogP contribution >= 0.6 is 0 Å². The maximum absolute atomic E-state index is 11.7. The van der Waals surface area contributed by atoms with E-state index in [2.05, 4.69) is 114 Å². The number of imidazole rings is 1. The Morgan fingerprint density at radius 3 is 1.93 bits per heavy atom. The van der Waals surface area contributed by atoms with Crippen LogP contribution in [0.4, 0.5) is 0 Å². The van der Waals surface area contributed by atoms with Gasteiger partial charge in [-0.25, -0.2) is 4.98 Å². The molecule has 2 heterocycles. The molecule has 294 valence electrons. The normalized spacial score (nSPS) is 12.4. The lowest BCUT2D eigenvalue weighted by molar-refractivity contribution is 0.472. The molecular formula is C56H49N3O. The second-order valence-corrected chi connectivity index (χ2v) is 16.2. The Morgan fingerprint density at radius 2 is 1.22 bits per heavy atom. The van der Waals surface area contributed by atoms with Gasteiger partial charge in [-0.1, -0.05) is 137 Å². The van der Waals surface area contributed by atoms with Gasteiger partial charge in [-0.15, -0.1) is 0 Å². The standard InChI is InChI=1S/C56H49N3O/c1-35(2)39-20-22-41(23-21-39)43-26-27-57-52(33-43)46-31-44(40-14-9-7-10-15-40)30-45(32-46)49-18-13-19-53-54(49)58-56(51-29-37(5)28-38(6)55(51)60)59(53)47-24-25-48(50(34-47)36(3)4)42-16-11-8-12-17-42/h7-36,60H,1-6H3/i35D,36D. The molecule has 9 rings (SSSR count). The largest absolute Gasteiger partial charge is 0.507 e. The van der Waals surface area contributed by atoms with E-state index >= 15 is 0 Å². The molecule has 2 aromatic heterocycles. The zero-order valence-corrected chi connectivity index (χ0v) is 35.0.